The summed E-state index contributed by atoms with van der Waals surface area (Å²) in [5.41, 5.74) is 1.19. The molecular formula is C19H19ClFNO4. The van der Waals surface area contributed by atoms with E-state index in [-0.39, 0.29) is 37.3 Å². The van der Waals surface area contributed by atoms with Gasteiger partial charge in [-0.25, -0.2) is 4.39 Å². The standard InChI is InChI=1S/C19H18FNO4.ClH/c20-15-7-5-13(6-8-15)12-25-17-4-2-1-3-16(17)18(22)21-10-9-14(11-21)19(23)24;/h1-8,14H,9-12H2,(H,23,24);1H. The molecule has 26 heavy (non-hydrogen) atoms. The van der Waals surface area contributed by atoms with E-state index >= 15 is 0 Å². The highest BCUT2D eigenvalue weighted by Gasteiger charge is 2.32. The molecular weight excluding hydrogens is 361 g/mol. The monoisotopic (exact) mass is 379 g/mol. The number of halogens is 2. The second-order valence-electron chi connectivity index (χ2n) is 5.99. The van der Waals surface area contributed by atoms with Crippen LogP contribution in [0, 0.1) is 11.7 Å². The molecule has 1 unspecified atom stereocenters. The Morgan fingerprint density at radius 1 is 1.15 bits per heavy atom. The number of nitrogens with zero attached hydrogens (tertiary/aromatic N) is 1. The van der Waals surface area contributed by atoms with Crippen LogP contribution in [0.2, 0.25) is 0 Å². The van der Waals surface area contributed by atoms with Gasteiger partial charge in [0.15, 0.2) is 0 Å². The zero-order chi connectivity index (χ0) is 17.8. The van der Waals surface area contributed by atoms with E-state index in [0.717, 1.165) is 5.56 Å². The van der Waals surface area contributed by atoms with Crippen molar-refractivity contribution < 1.29 is 23.8 Å². The van der Waals surface area contributed by atoms with E-state index < -0.39 is 11.9 Å². The maximum atomic E-state index is 12.9. The number of hydrogen-bond donors (Lipinski definition) is 1. The van der Waals surface area contributed by atoms with Gasteiger partial charge in [0.1, 0.15) is 18.2 Å². The molecule has 7 heteroatoms. The molecule has 0 saturated carbocycles. The van der Waals surface area contributed by atoms with Crippen LogP contribution in [-0.4, -0.2) is 35.0 Å². The summed E-state index contributed by atoms with van der Waals surface area (Å²) in [4.78, 5) is 25.3. The molecule has 1 aliphatic rings. The van der Waals surface area contributed by atoms with Gasteiger partial charge in [-0.15, -0.1) is 12.4 Å². The predicted molar refractivity (Wildman–Crippen MR) is 96.1 cm³/mol. The largest absolute Gasteiger partial charge is 0.488 e. The minimum Gasteiger partial charge on any atom is -0.488 e. The van der Waals surface area contributed by atoms with E-state index in [0.29, 0.717) is 24.3 Å². The summed E-state index contributed by atoms with van der Waals surface area (Å²) in [7, 11) is 0. The number of ether oxygens (including phenoxy) is 1. The SMILES string of the molecule is Cl.O=C(O)C1CCN(C(=O)c2ccccc2OCc2ccc(F)cc2)C1. The number of para-hydroxylation sites is 1. The third-order valence-corrected chi connectivity index (χ3v) is 4.25. The smallest absolute Gasteiger partial charge is 0.308 e. The maximum Gasteiger partial charge on any atom is 0.308 e. The van der Waals surface area contributed by atoms with Gasteiger partial charge in [0.25, 0.3) is 5.91 Å². The van der Waals surface area contributed by atoms with Crippen LogP contribution in [0.4, 0.5) is 4.39 Å². The first-order valence-corrected chi connectivity index (χ1v) is 8.03. The summed E-state index contributed by atoms with van der Waals surface area (Å²) in [6.45, 7) is 0.838. The third-order valence-electron chi connectivity index (χ3n) is 4.25. The van der Waals surface area contributed by atoms with Crippen LogP contribution in [0.5, 0.6) is 5.75 Å². The van der Waals surface area contributed by atoms with Gasteiger partial charge in [-0.05, 0) is 36.2 Å². The fourth-order valence-corrected chi connectivity index (χ4v) is 2.83. The summed E-state index contributed by atoms with van der Waals surface area (Å²) in [6.07, 6.45) is 0.458. The molecule has 2 aromatic rings. The van der Waals surface area contributed by atoms with E-state index in [1.807, 2.05) is 0 Å². The van der Waals surface area contributed by atoms with Gasteiger partial charge in [-0.1, -0.05) is 24.3 Å². The van der Waals surface area contributed by atoms with Crippen LogP contribution < -0.4 is 4.74 Å². The molecule has 1 fully saturated rings. The molecule has 138 valence electrons. The molecule has 1 saturated heterocycles. The van der Waals surface area contributed by atoms with Crippen molar-refractivity contribution in [1.82, 2.24) is 4.90 Å². The van der Waals surface area contributed by atoms with Crippen LogP contribution in [-0.2, 0) is 11.4 Å². The third kappa shape index (κ3) is 4.52. The Balaban J connectivity index is 0.00000243. The Morgan fingerprint density at radius 3 is 2.50 bits per heavy atom. The summed E-state index contributed by atoms with van der Waals surface area (Å²) < 4.78 is 18.7. The minimum atomic E-state index is -0.879. The normalized spacial score (nSPS) is 16.0. The van der Waals surface area contributed by atoms with Gasteiger partial charge in [0.2, 0.25) is 0 Å². The molecule has 0 aliphatic carbocycles. The highest BCUT2D eigenvalue weighted by molar-refractivity contribution is 5.97. The Kier molecular flexibility index (Phi) is 6.58. The van der Waals surface area contributed by atoms with E-state index in [4.69, 9.17) is 9.84 Å². The molecule has 5 nitrogen and oxygen atoms in total. The average molecular weight is 380 g/mol. The van der Waals surface area contributed by atoms with E-state index in [1.165, 1.54) is 12.1 Å². The number of hydrogen-bond acceptors (Lipinski definition) is 3. The van der Waals surface area contributed by atoms with E-state index in [9.17, 15) is 14.0 Å². The molecule has 0 spiro atoms. The maximum absolute atomic E-state index is 12.9. The van der Waals surface area contributed by atoms with Crippen LogP contribution in [0.15, 0.2) is 48.5 Å². The molecule has 1 aliphatic heterocycles. The molecule has 1 atom stereocenters. The highest BCUT2D eigenvalue weighted by Crippen LogP contribution is 2.25. The Labute approximate surface area is 156 Å². The zero-order valence-electron chi connectivity index (χ0n) is 13.9. The van der Waals surface area contributed by atoms with Crippen molar-refractivity contribution in [2.75, 3.05) is 13.1 Å². The molecule has 0 bridgehead atoms. The van der Waals surface area contributed by atoms with Crippen molar-refractivity contribution in [3.8, 4) is 5.75 Å². The summed E-state index contributed by atoms with van der Waals surface area (Å²) in [5.74, 6) is -1.53. The van der Waals surface area contributed by atoms with Crippen molar-refractivity contribution in [1.29, 1.82) is 0 Å². The molecule has 1 N–H and O–H groups in total. The average Bonchev–Trinajstić information content (AvgIpc) is 3.11. The van der Waals surface area contributed by atoms with Gasteiger partial charge in [-0.3, -0.25) is 9.59 Å². The number of likely N-dealkylation sites (tertiary alicyclic amines) is 1. The topological polar surface area (TPSA) is 66.8 Å². The fraction of sp³-hybridized carbons (Fsp3) is 0.263. The number of carbonyl (C=O) groups excluding carboxylic acids is 1. The van der Waals surface area contributed by atoms with Gasteiger partial charge < -0.3 is 14.7 Å². The van der Waals surface area contributed by atoms with E-state index in [1.54, 1.807) is 41.3 Å². The summed E-state index contributed by atoms with van der Waals surface area (Å²) in [6, 6.07) is 12.8. The lowest BCUT2D eigenvalue weighted by atomic mass is 10.1. The number of aliphatic carboxylic acids is 1. The van der Waals surface area contributed by atoms with Crippen molar-refractivity contribution >= 4 is 24.3 Å². The Morgan fingerprint density at radius 2 is 1.85 bits per heavy atom. The van der Waals surface area contributed by atoms with Crippen LogP contribution in [0.25, 0.3) is 0 Å². The lowest BCUT2D eigenvalue weighted by Crippen LogP contribution is -2.30. The van der Waals surface area contributed by atoms with Crippen molar-refractivity contribution in [3.63, 3.8) is 0 Å². The predicted octanol–water partition coefficient (Wildman–Crippen LogP) is 3.37. The van der Waals surface area contributed by atoms with Gasteiger partial charge in [0, 0.05) is 13.1 Å². The zero-order valence-corrected chi connectivity index (χ0v) is 14.7. The molecule has 1 heterocycles. The van der Waals surface area contributed by atoms with Crippen LogP contribution in [0.1, 0.15) is 22.3 Å². The van der Waals surface area contributed by atoms with Gasteiger partial charge in [-0.2, -0.15) is 0 Å². The van der Waals surface area contributed by atoms with Crippen molar-refractivity contribution in [2.24, 2.45) is 5.92 Å². The first-order valence-electron chi connectivity index (χ1n) is 8.03. The number of rotatable bonds is 5. The first-order chi connectivity index (χ1) is 12.0. The first kappa shape index (κ1) is 19.7. The summed E-state index contributed by atoms with van der Waals surface area (Å²) in [5, 5.41) is 9.08. The van der Waals surface area contributed by atoms with Gasteiger partial charge >= 0.3 is 5.97 Å². The highest BCUT2D eigenvalue weighted by atomic mass is 35.5. The van der Waals surface area contributed by atoms with Gasteiger partial charge in [0.05, 0.1) is 11.5 Å². The second-order valence-corrected chi connectivity index (χ2v) is 5.99. The Bertz CT molecular complexity index is 781. The molecule has 0 aromatic heterocycles. The van der Waals surface area contributed by atoms with Crippen LogP contribution >= 0.6 is 12.4 Å². The number of amides is 1. The molecule has 3 rings (SSSR count). The molecule has 2 aromatic carbocycles. The number of carboxylic acids is 1. The van der Waals surface area contributed by atoms with Crippen molar-refractivity contribution in [2.45, 2.75) is 13.0 Å². The minimum absolute atomic E-state index is 0. The number of carboxylic acid groups (broad SMARTS) is 1. The second kappa shape index (κ2) is 8.67. The Hall–Kier alpha value is -2.60. The number of benzene rings is 2. The fourth-order valence-electron chi connectivity index (χ4n) is 2.83. The van der Waals surface area contributed by atoms with Crippen LogP contribution in [0.3, 0.4) is 0 Å². The summed E-state index contributed by atoms with van der Waals surface area (Å²) >= 11 is 0. The molecule has 0 radical (unpaired) electrons. The lowest BCUT2D eigenvalue weighted by Gasteiger charge is -2.18. The quantitative estimate of drug-likeness (QED) is 0.864. The van der Waals surface area contributed by atoms with E-state index in [2.05, 4.69) is 0 Å². The number of carbonyl (C=O) groups is 2. The van der Waals surface area contributed by atoms with Crippen molar-refractivity contribution in [3.05, 3.63) is 65.5 Å². The molecule has 1 amide bonds. The lowest BCUT2D eigenvalue weighted by molar-refractivity contribution is -0.141.